The number of rotatable bonds is 36. The molecule has 250 valence electrons. The maximum absolute atomic E-state index is 12.1. The van der Waals surface area contributed by atoms with Crippen LogP contribution in [0.1, 0.15) is 232 Å². The molecule has 0 rings (SSSR count). The summed E-state index contributed by atoms with van der Waals surface area (Å²) in [6.45, 7) is 5.46. The van der Waals surface area contributed by atoms with Crippen LogP contribution in [-0.2, 0) is 4.79 Å². The Bertz CT molecular complexity index is 528. The standard InChI is InChI=1S/C40H79NO/c1-3-5-7-9-11-13-15-17-19-20-21-22-23-25-27-29-31-33-35-37-39-41-40(42)38-36-34-32-30-28-26-24-18-16-14-12-10-8-6-4-2/h17,19H,3-16,18,20-39H2,1-2H3,(H,41,42)/b19-17+. The number of allylic oxidation sites excluding steroid dienone is 2. The van der Waals surface area contributed by atoms with Crippen molar-refractivity contribution in [1.82, 2.24) is 5.32 Å². The van der Waals surface area contributed by atoms with Crippen LogP contribution in [0.3, 0.4) is 0 Å². The molecule has 0 aliphatic carbocycles. The summed E-state index contributed by atoms with van der Waals surface area (Å²) >= 11 is 0. The lowest BCUT2D eigenvalue weighted by Gasteiger charge is -2.06. The molecule has 0 aliphatic heterocycles. The molecule has 0 spiro atoms. The van der Waals surface area contributed by atoms with Gasteiger partial charge in [0.05, 0.1) is 0 Å². The number of hydrogen-bond acceptors (Lipinski definition) is 1. The molecular formula is C40H79NO. The van der Waals surface area contributed by atoms with Gasteiger partial charge >= 0.3 is 0 Å². The van der Waals surface area contributed by atoms with Crippen molar-refractivity contribution in [3.05, 3.63) is 12.2 Å². The van der Waals surface area contributed by atoms with E-state index in [4.69, 9.17) is 0 Å². The SMILES string of the molecule is CCCCCCCC/C=C/CCCCCCCCCCCCNC(=O)CCCCCCCCCCCCCCCCC. The quantitative estimate of drug-likeness (QED) is 0.0571. The van der Waals surface area contributed by atoms with Crippen LogP contribution >= 0.6 is 0 Å². The van der Waals surface area contributed by atoms with Crippen molar-refractivity contribution in [2.75, 3.05) is 6.54 Å². The van der Waals surface area contributed by atoms with E-state index in [-0.39, 0.29) is 5.91 Å². The summed E-state index contributed by atoms with van der Waals surface area (Å²) in [5, 5.41) is 3.15. The summed E-state index contributed by atoms with van der Waals surface area (Å²) < 4.78 is 0. The highest BCUT2D eigenvalue weighted by atomic mass is 16.1. The Morgan fingerprint density at radius 1 is 0.381 bits per heavy atom. The number of hydrogen-bond donors (Lipinski definition) is 1. The van der Waals surface area contributed by atoms with Gasteiger partial charge in [-0.3, -0.25) is 4.79 Å². The van der Waals surface area contributed by atoms with Gasteiger partial charge in [0, 0.05) is 13.0 Å². The maximum atomic E-state index is 12.1. The molecule has 0 unspecified atom stereocenters. The Morgan fingerprint density at radius 3 is 1.02 bits per heavy atom. The summed E-state index contributed by atoms with van der Waals surface area (Å²) in [7, 11) is 0. The fraction of sp³-hybridized carbons (Fsp3) is 0.925. The fourth-order valence-electron chi connectivity index (χ4n) is 6.05. The molecule has 42 heavy (non-hydrogen) atoms. The van der Waals surface area contributed by atoms with Gasteiger partial charge < -0.3 is 5.32 Å². The molecule has 1 N–H and O–H groups in total. The van der Waals surface area contributed by atoms with Gasteiger partial charge in [0.1, 0.15) is 0 Å². The van der Waals surface area contributed by atoms with Crippen LogP contribution in [0.25, 0.3) is 0 Å². The van der Waals surface area contributed by atoms with Crippen LogP contribution in [-0.4, -0.2) is 12.5 Å². The van der Waals surface area contributed by atoms with E-state index in [2.05, 4.69) is 31.3 Å². The van der Waals surface area contributed by atoms with E-state index >= 15 is 0 Å². The van der Waals surface area contributed by atoms with Crippen molar-refractivity contribution in [2.24, 2.45) is 0 Å². The van der Waals surface area contributed by atoms with E-state index in [0.29, 0.717) is 0 Å². The summed E-state index contributed by atoms with van der Waals surface area (Å²) in [6, 6.07) is 0. The Kier molecular flexibility index (Phi) is 37.5. The zero-order valence-corrected chi connectivity index (χ0v) is 29.3. The molecule has 2 nitrogen and oxygen atoms in total. The number of nitrogens with one attached hydrogen (secondary N) is 1. The third-order valence-corrected chi connectivity index (χ3v) is 9.02. The predicted molar refractivity (Wildman–Crippen MR) is 190 cm³/mol. The highest BCUT2D eigenvalue weighted by Gasteiger charge is 2.01. The maximum Gasteiger partial charge on any atom is 0.219 e. The Morgan fingerprint density at radius 2 is 0.667 bits per heavy atom. The minimum Gasteiger partial charge on any atom is -0.356 e. The highest BCUT2D eigenvalue weighted by Crippen LogP contribution is 2.15. The second kappa shape index (κ2) is 38.2. The van der Waals surface area contributed by atoms with E-state index in [1.54, 1.807) is 0 Å². The summed E-state index contributed by atoms with van der Waals surface area (Å²) in [5.41, 5.74) is 0. The third kappa shape index (κ3) is 37.2. The Labute approximate surface area is 266 Å². The topological polar surface area (TPSA) is 29.1 Å². The van der Waals surface area contributed by atoms with Crippen molar-refractivity contribution in [3.8, 4) is 0 Å². The summed E-state index contributed by atoms with van der Waals surface area (Å²) in [5.74, 6) is 0.276. The van der Waals surface area contributed by atoms with Crippen LogP contribution in [0.15, 0.2) is 12.2 Å². The molecule has 0 atom stereocenters. The van der Waals surface area contributed by atoms with Crippen LogP contribution < -0.4 is 5.32 Å². The smallest absolute Gasteiger partial charge is 0.219 e. The lowest BCUT2D eigenvalue weighted by atomic mass is 10.0. The molecule has 2 heteroatoms. The van der Waals surface area contributed by atoms with Crippen molar-refractivity contribution in [2.45, 2.75) is 232 Å². The number of carbonyl (C=O) groups is 1. The number of unbranched alkanes of at least 4 members (excludes halogenated alkanes) is 30. The lowest BCUT2D eigenvalue weighted by molar-refractivity contribution is -0.121. The molecule has 0 saturated carbocycles. The molecule has 1 amide bonds. The average molecular weight is 590 g/mol. The van der Waals surface area contributed by atoms with Gasteiger partial charge in [-0.2, -0.15) is 0 Å². The van der Waals surface area contributed by atoms with E-state index in [1.807, 2.05) is 0 Å². The van der Waals surface area contributed by atoms with Crippen molar-refractivity contribution < 1.29 is 4.79 Å². The van der Waals surface area contributed by atoms with Gasteiger partial charge in [-0.05, 0) is 38.5 Å². The first-order valence-corrected chi connectivity index (χ1v) is 19.7. The largest absolute Gasteiger partial charge is 0.356 e. The third-order valence-electron chi connectivity index (χ3n) is 9.02. The van der Waals surface area contributed by atoms with Gasteiger partial charge in [-0.15, -0.1) is 0 Å². The fourth-order valence-corrected chi connectivity index (χ4v) is 6.05. The molecule has 0 bridgehead atoms. The summed E-state index contributed by atoms with van der Waals surface area (Å²) in [4.78, 5) is 12.1. The van der Waals surface area contributed by atoms with Crippen molar-refractivity contribution >= 4 is 5.91 Å². The van der Waals surface area contributed by atoms with E-state index in [9.17, 15) is 4.79 Å². The van der Waals surface area contributed by atoms with Gasteiger partial charge in [0.15, 0.2) is 0 Å². The molecule has 0 heterocycles. The van der Waals surface area contributed by atoms with Gasteiger partial charge in [0.25, 0.3) is 0 Å². The normalized spacial score (nSPS) is 11.6. The van der Waals surface area contributed by atoms with Gasteiger partial charge in [-0.1, -0.05) is 199 Å². The first-order chi connectivity index (χ1) is 20.8. The van der Waals surface area contributed by atoms with Crippen molar-refractivity contribution in [1.29, 1.82) is 0 Å². The minimum absolute atomic E-state index is 0.276. The van der Waals surface area contributed by atoms with Crippen LogP contribution in [0, 0.1) is 0 Å². The average Bonchev–Trinajstić information content (AvgIpc) is 3.00. The first-order valence-electron chi connectivity index (χ1n) is 19.7. The van der Waals surface area contributed by atoms with Crippen LogP contribution in [0.4, 0.5) is 0 Å². The first kappa shape index (κ1) is 41.2. The zero-order valence-electron chi connectivity index (χ0n) is 29.3. The lowest BCUT2D eigenvalue weighted by Crippen LogP contribution is -2.23. The second-order valence-electron chi connectivity index (χ2n) is 13.4. The zero-order chi connectivity index (χ0) is 30.4. The molecule has 0 aromatic rings. The van der Waals surface area contributed by atoms with Crippen molar-refractivity contribution in [3.63, 3.8) is 0 Å². The number of carbonyl (C=O) groups excluding carboxylic acids is 1. The molecule has 0 radical (unpaired) electrons. The van der Waals surface area contributed by atoms with Gasteiger partial charge in [0.2, 0.25) is 5.91 Å². The Balaban J connectivity index is 3.17. The monoisotopic (exact) mass is 590 g/mol. The number of amides is 1. The second-order valence-corrected chi connectivity index (χ2v) is 13.4. The molecule has 0 aromatic carbocycles. The molecular weight excluding hydrogens is 510 g/mol. The summed E-state index contributed by atoms with van der Waals surface area (Å²) in [6.07, 6.45) is 50.7. The van der Waals surface area contributed by atoms with E-state index in [0.717, 1.165) is 25.8 Å². The molecule has 0 aliphatic rings. The van der Waals surface area contributed by atoms with E-state index in [1.165, 1.54) is 199 Å². The molecule has 0 aromatic heterocycles. The predicted octanol–water partition coefficient (Wildman–Crippen LogP) is 14.0. The van der Waals surface area contributed by atoms with E-state index < -0.39 is 0 Å². The highest BCUT2D eigenvalue weighted by molar-refractivity contribution is 5.75. The Hall–Kier alpha value is -0.790. The minimum atomic E-state index is 0.276. The van der Waals surface area contributed by atoms with Gasteiger partial charge in [-0.25, -0.2) is 0 Å². The molecule has 0 fully saturated rings. The van der Waals surface area contributed by atoms with Crippen LogP contribution in [0.5, 0.6) is 0 Å². The van der Waals surface area contributed by atoms with Crippen LogP contribution in [0.2, 0.25) is 0 Å². The molecule has 0 saturated heterocycles.